The van der Waals surface area contributed by atoms with E-state index < -0.39 is 0 Å². The molecule has 2 aromatic carbocycles. The van der Waals surface area contributed by atoms with Crippen LogP contribution in [0.3, 0.4) is 0 Å². The summed E-state index contributed by atoms with van der Waals surface area (Å²) in [7, 11) is 2.08. The summed E-state index contributed by atoms with van der Waals surface area (Å²) in [6, 6.07) is 14.0. The van der Waals surface area contributed by atoms with Crippen LogP contribution >= 0.6 is 0 Å². The van der Waals surface area contributed by atoms with E-state index in [2.05, 4.69) is 29.4 Å². The number of fused-ring (bicyclic) bond motifs is 2. The van der Waals surface area contributed by atoms with Crippen LogP contribution in [-0.4, -0.2) is 49.0 Å². The minimum absolute atomic E-state index is 0.0642. The number of para-hydroxylation sites is 2. The summed E-state index contributed by atoms with van der Waals surface area (Å²) in [5, 5.41) is 5.12. The maximum Gasteiger partial charge on any atom is 0.253 e. The van der Waals surface area contributed by atoms with Crippen LogP contribution in [0.1, 0.15) is 28.8 Å². The van der Waals surface area contributed by atoms with Gasteiger partial charge in [-0.05, 0) is 64.1 Å². The van der Waals surface area contributed by atoms with Crippen molar-refractivity contribution in [2.75, 3.05) is 33.2 Å². The number of aryl methyl sites for hydroxylation is 1. The van der Waals surface area contributed by atoms with Crippen molar-refractivity contribution in [2.45, 2.75) is 19.8 Å². The quantitative estimate of drug-likeness (QED) is 0.476. The Kier molecular flexibility index (Phi) is 6.37. The first-order valence-corrected chi connectivity index (χ1v) is 9.56. The fraction of sp³-hybridized carbons (Fsp3) is 0.364. The van der Waals surface area contributed by atoms with Crippen molar-refractivity contribution in [3.8, 4) is 0 Å². The van der Waals surface area contributed by atoms with Crippen LogP contribution in [0.25, 0.3) is 21.8 Å². The van der Waals surface area contributed by atoms with E-state index in [-0.39, 0.29) is 5.91 Å². The van der Waals surface area contributed by atoms with Crippen molar-refractivity contribution < 1.29 is 4.79 Å². The summed E-state index contributed by atoms with van der Waals surface area (Å²) < 4.78 is 0. The maximum atomic E-state index is 12.7. The zero-order valence-electron chi connectivity index (χ0n) is 16.2. The highest BCUT2D eigenvalue weighted by molar-refractivity contribution is 6.07. The third-order valence-electron chi connectivity index (χ3n) is 4.86. The van der Waals surface area contributed by atoms with E-state index in [1.165, 1.54) is 0 Å². The molecule has 1 heterocycles. The number of rotatable bonds is 8. The molecule has 0 radical (unpaired) electrons. The normalized spacial score (nSPS) is 11.4. The van der Waals surface area contributed by atoms with E-state index >= 15 is 0 Å². The first-order valence-electron chi connectivity index (χ1n) is 9.56. The van der Waals surface area contributed by atoms with Crippen molar-refractivity contribution in [3.05, 3.63) is 53.6 Å². The third-order valence-corrected chi connectivity index (χ3v) is 4.86. The molecule has 0 bridgehead atoms. The lowest BCUT2D eigenvalue weighted by Crippen LogP contribution is -2.29. The van der Waals surface area contributed by atoms with Gasteiger partial charge in [0.15, 0.2) is 0 Å². The second-order valence-corrected chi connectivity index (χ2v) is 7.07. The number of nitrogens with zero attached hydrogens (tertiary/aromatic N) is 2. The van der Waals surface area contributed by atoms with Crippen molar-refractivity contribution in [3.63, 3.8) is 0 Å². The minimum atomic E-state index is -0.0642. The summed E-state index contributed by atoms with van der Waals surface area (Å²) in [5.41, 5.74) is 9.00. The molecule has 3 rings (SSSR count). The van der Waals surface area contributed by atoms with Crippen molar-refractivity contribution in [2.24, 2.45) is 5.73 Å². The van der Waals surface area contributed by atoms with Gasteiger partial charge in [-0.3, -0.25) is 4.79 Å². The van der Waals surface area contributed by atoms with Crippen LogP contribution in [0.2, 0.25) is 0 Å². The number of hydrogen-bond donors (Lipinski definition) is 2. The van der Waals surface area contributed by atoms with Crippen molar-refractivity contribution >= 4 is 27.7 Å². The second kappa shape index (κ2) is 8.93. The predicted molar refractivity (Wildman–Crippen MR) is 112 cm³/mol. The van der Waals surface area contributed by atoms with Gasteiger partial charge in [-0.15, -0.1) is 0 Å². The minimum Gasteiger partial charge on any atom is -0.352 e. The molecule has 5 nitrogen and oxygen atoms in total. The third kappa shape index (κ3) is 4.62. The molecule has 0 atom stereocenters. The Bertz CT molecular complexity index is 938. The number of nitrogens with two attached hydrogens (primary N) is 1. The number of nitrogens with one attached hydrogen (secondary N) is 1. The fourth-order valence-corrected chi connectivity index (χ4v) is 3.34. The number of benzene rings is 2. The lowest BCUT2D eigenvalue weighted by molar-refractivity contribution is 0.0953. The van der Waals surface area contributed by atoms with Crippen LogP contribution in [0.5, 0.6) is 0 Å². The first-order chi connectivity index (χ1) is 13.1. The molecule has 0 aliphatic carbocycles. The topological polar surface area (TPSA) is 71.2 Å². The smallest absolute Gasteiger partial charge is 0.253 e. The SMILES string of the molecule is Cc1cccc2cc3cccc(C(=O)NCCCN(C)CCCN)c3nc12. The van der Waals surface area contributed by atoms with Crippen LogP contribution in [0.15, 0.2) is 42.5 Å². The van der Waals surface area contributed by atoms with Gasteiger partial charge < -0.3 is 16.0 Å². The van der Waals surface area contributed by atoms with E-state index in [1.807, 2.05) is 37.3 Å². The monoisotopic (exact) mass is 364 g/mol. The summed E-state index contributed by atoms with van der Waals surface area (Å²) in [6.07, 6.45) is 1.91. The second-order valence-electron chi connectivity index (χ2n) is 7.07. The Balaban J connectivity index is 1.72. The van der Waals surface area contributed by atoms with Gasteiger partial charge in [0.05, 0.1) is 16.6 Å². The average molecular weight is 364 g/mol. The van der Waals surface area contributed by atoms with Gasteiger partial charge in [-0.25, -0.2) is 4.98 Å². The zero-order chi connectivity index (χ0) is 19.2. The highest BCUT2D eigenvalue weighted by atomic mass is 16.1. The van der Waals surface area contributed by atoms with Crippen LogP contribution < -0.4 is 11.1 Å². The molecule has 0 unspecified atom stereocenters. The van der Waals surface area contributed by atoms with Crippen LogP contribution in [-0.2, 0) is 0 Å². The maximum absolute atomic E-state index is 12.7. The molecular weight excluding hydrogens is 336 g/mol. The van der Waals surface area contributed by atoms with E-state index in [0.29, 0.717) is 18.7 Å². The Hall–Kier alpha value is -2.50. The molecule has 0 aliphatic rings. The standard InChI is InChI=1S/C22H28N4O/c1-16-7-3-8-17-15-18-9-4-10-19(21(18)25-20(16)17)22(27)24-12-6-14-26(2)13-5-11-23/h3-4,7-10,15H,5-6,11-14,23H2,1-2H3,(H,24,27). The molecule has 142 valence electrons. The predicted octanol–water partition coefficient (Wildman–Crippen LogP) is 3.10. The van der Waals surface area contributed by atoms with E-state index in [0.717, 1.165) is 53.3 Å². The molecule has 1 aromatic heterocycles. The number of amides is 1. The Morgan fingerprint density at radius 1 is 1.07 bits per heavy atom. The number of carbonyl (C=O) groups is 1. The Labute approximate surface area is 160 Å². The summed E-state index contributed by atoms with van der Waals surface area (Å²) in [4.78, 5) is 19.8. The van der Waals surface area contributed by atoms with Gasteiger partial charge in [0.2, 0.25) is 0 Å². The molecule has 0 fully saturated rings. The highest BCUT2D eigenvalue weighted by Crippen LogP contribution is 2.24. The molecule has 5 heteroatoms. The Morgan fingerprint density at radius 3 is 2.56 bits per heavy atom. The fourth-order valence-electron chi connectivity index (χ4n) is 3.34. The van der Waals surface area contributed by atoms with Crippen LogP contribution in [0, 0.1) is 6.92 Å². The molecule has 0 spiro atoms. The van der Waals surface area contributed by atoms with Crippen LogP contribution in [0.4, 0.5) is 0 Å². The lowest BCUT2D eigenvalue weighted by atomic mass is 10.0. The molecule has 27 heavy (non-hydrogen) atoms. The van der Waals surface area contributed by atoms with Gasteiger partial charge in [0.1, 0.15) is 0 Å². The summed E-state index contributed by atoms with van der Waals surface area (Å²) in [6.45, 7) is 5.34. The zero-order valence-corrected chi connectivity index (χ0v) is 16.2. The molecule has 3 N–H and O–H groups in total. The molecule has 0 aliphatic heterocycles. The van der Waals surface area contributed by atoms with E-state index in [1.54, 1.807) is 0 Å². The molecular formula is C22H28N4O. The average Bonchev–Trinajstić information content (AvgIpc) is 2.68. The van der Waals surface area contributed by atoms with Gasteiger partial charge in [-0.2, -0.15) is 0 Å². The number of carbonyl (C=O) groups excluding carboxylic acids is 1. The number of pyridine rings is 1. The molecule has 3 aromatic rings. The first kappa shape index (κ1) is 19.3. The lowest BCUT2D eigenvalue weighted by Gasteiger charge is -2.16. The Morgan fingerprint density at radius 2 is 1.78 bits per heavy atom. The van der Waals surface area contributed by atoms with Crippen molar-refractivity contribution in [1.82, 2.24) is 15.2 Å². The highest BCUT2D eigenvalue weighted by Gasteiger charge is 2.12. The van der Waals surface area contributed by atoms with Gasteiger partial charge in [0.25, 0.3) is 5.91 Å². The molecule has 0 saturated carbocycles. The van der Waals surface area contributed by atoms with Gasteiger partial charge in [0, 0.05) is 17.3 Å². The van der Waals surface area contributed by atoms with Gasteiger partial charge in [-0.1, -0.05) is 30.3 Å². The largest absolute Gasteiger partial charge is 0.352 e. The molecule has 1 amide bonds. The summed E-state index contributed by atoms with van der Waals surface area (Å²) >= 11 is 0. The molecule has 0 saturated heterocycles. The summed E-state index contributed by atoms with van der Waals surface area (Å²) in [5.74, 6) is -0.0642. The van der Waals surface area contributed by atoms with E-state index in [9.17, 15) is 4.79 Å². The number of hydrogen-bond acceptors (Lipinski definition) is 4. The number of aromatic nitrogens is 1. The van der Waals surface area contributed by atoms with Crippen molar-refractivity contribution in [1.29, 1.82) is 0 Å². The van der Waals surface area contributed by atoms with Gasteiger partial charge >= 0.3 is 0 Å². The van der Waals surface area contributed by atoms with E-state index in [4.69, 9.17) is 10.7 Å².